The Labute approximate surface area is 135 Å². The van der Waals surface area contributed by atoms with Crippen molar-refractivity contribution in [1.29, 1.82) is 0 Å². The molecule has 23 heavy (non-hydrogen) atoms. The second-order valence-corrected chi connectivity index (χ2v) is 6.73. The smallest absolute Gasteiger partial charge is 0.251 e. The summed E-state index contributed by atoms with van der Waals surface area (Å²) >= 11 is 0. The van der Waals surface area contributed by atoms with Crippen LogP contribution in [0.2, 0.25) is 0 Å². The van der Waals surface area contributed by atoms with Crippen molar-refractivity contribution < 1.29 is 23.1 Å². The van der Waals surface area contributed by atoms with Crippen LogP contribution in [0.15, 0.2) is 29.2 Å². The molecule has 128 valence electrons. The highest BCUT2D eigenvalue weighted by atomic mass is 32.2. The lowest BCUT2D eigenvalue weighted by molar-refractivity contribution is -0.118. The monoisotopic (exact) mass is 343 g/mol. The SMILES string of the molecule is CC(=O)NCCNS(=O)(=O)c1ccc(C(=O)NC[C@H](C)O)cc1. The van der Waals surface area contributed by atoms with Crippen molar-refractivity contribution in [2.75, 3.05) is 19.6 Å². The van der Waals surface area contributed by atoms with Crippen LogP contribution in [0.3, 0.4) is 0 Å². The summed E-state index contributed by atoms with van der Waals surface area (Å²) in [7, 11) is -3.70. The molecule has 8 nitrogen and oxygen atoms in total. The number of carbonyl (C=O) groups is 2. The minimum absolute atomic E-state index is 0.0207. The maximum Gasteiger partial charge on any atom is 0.251 e. The van der Waals surface area contributed by atoms with Gasteiger partial charge in [-0.05, 0) is 31.2 Å². The Morgan fingerprint density at radius 1 is 1.13 bits per heavy atom. The molecule has 4 N–H and O–H groups in total. The van der Waals surface area contributed by atoms with Gasteiger partial charge in [0.2, 0.25) is 15.9 Å². The molecule has 1 aromatic carbocycles. The molecule has 2 amide bonds. The van der Waals surface area contributed by atoms with Crippen LogP contribution < -0.4 is 15.4 Å². The predicted octanol–water partition coefficient (Wildman–Crippen LogP) is -0.788. The molecule has 0 saturated heterocycles. The van der Waals surface area contributed by atoms with Gasteiger partial charge in [0.25, 0.3) is 5.91 Å². The van der Waals surface area contributed by atoms with Gasteiger partial charge in [-0.2, -0.15) is 0 Å². The molecular weight excluding hydrogens is 322 g/mol. The third-order valence-corrected chi connectivity index (χ3v) is 4.25. The van der Waals surface area contributed by atoms with Crippen molar-refractivity contribution in [2.24, 2.45) is 0 Å². The molecule has 9 heteroatoms. The molecule has 0 aromatic heterocycles. The van der Waals surface area contributed by atoms with Gasteiger partial charge in [0.1, 0.15) is 0 Å². The Hall–Kier alpha value is -1.97. The number of carbonyl (C=O) groups excluding carboxylic acids is 2. The van der Waals surface area contributed by atoms with Gasteiger partial charge < -0.3 is 15.7 Å². The summed E-state index contributed by atoms with van der Waals surface area (Å²) in [6, 6.07) is 5.41. The van der Waals surface area contributed by atoms with Gasteiger partial charge in [0.15, 0.2) is 0 Å². The minimum atomic E-state index is -3.70. The third kappa shape index (κ3) is 6.76. The molecule has 0 bridgehead atoms. The third-order valence-electron chi connectivity index (χ3n) is 2.78. The summed E-state index contributed by atoms with van der Waals surface area (Å²) < 4.78 is 26.4. The number of sulfonamides is 1. The van der Waals surface area contributed by atoms with Crippen LogP contribution in [0.25, 0.3) is 0 Å². The average Bonchev–Trinajstić information content (AvgIpc) is 2.49. The number of rotatable bonds is 8. The van der Waals surface area contributed by atoms with Crippen molar-refractivity contribution in [1.82, 2.24) is 15.4 Å². The Kier molecular flexibility index (Phi) is 7.14. The van der Waals surface area contributed by atoms with E-state index in [2.05, 4.69) is 15.4 Å². The zero-order valence-electron chi connectivity index (χ0n) is 13.0. The summed E-state index contributed by atoms with van der Waals surface area (Å²) in [5.41, 5.74) is 0.294. The summed E-state index contributed by atoms with van der Waals surface area (Å²) in [6.07, 6.45) is -0.661. The van der Waals surface area contributed by atoms with Crippen LogP contribution in [-0.4, -0.2) is 51.1 Å². The first-order valence-corrected chi connectivity index (χ1v) is 8.51. The summed E-state index contributed by atoms with van der Waals surface area (Å²) in [5, 5.41) is 14.1. The van der Waals surface area contributed by atoms with Crippen LogP contribution in [-0.2, 0) is 14.8 Å². The van der Waals surface area contributed by atoms with Crippen LogP contribution in [0.5, 0.6) is 0 Å². The van der Waals surface area contributed by atoms with Crippen molar-refractivity contribution in [3.8, 4) is 0 Å². The Bertz CT molecular complexity index is 641. The Morgan fingerprint density at radius 3 is 2.26 bits per heavy atom. The molecule has 0 fully saturated rings. The van der Waals surface area contributed by atoms with E-state index in [4.69, 9.17) is 5.11 Å². The van der Waals surface area contributed by atoms with Crippen LogP contribution in [0.1, 0.15) is 24.2 Å². The quantitative estimate of drug-likeness (QED) is 0.461. The molecular formula is C14H21N3O5S. The highest BCUT2D eigenvalue weighted by Crippen LogP contribution is 2.10. The second kappa shape index (κ2) is 8.61. The van der Waals surface area contributed by atoms with E-state index >= 15 is 0 Å². The van der Waals surface area contributed by atoms with E-state index in [1.807, 2.05) is 0 Å². The van der Waals surface area contributed by atoms with Crippen molar-refractivity contribution in [2.45, 2.75) is 24.8 Å². The maximum absolute atomic E-state index is 12.0. The number of benzene rings is 1. The minimum Gasteiger partial charge on any atom is -0.392 e. The molecule has 0 aliphatic rings. The first kappa shape index (κ1) is 19.1. The average molecular weight is 343 g/mol. The van der Waals surface area contributed by atoms with Crippen LogP contribution in [0, 0.1) is 0 Å². The van der Waals surface area contributed by atoms with Crippen molar-refractivity contribution >= 4 is 21.8 Å². The fraction of sp³-hybridized carbons (Fsp3) is 0.429. The zero-order chi connectivity index (χ0) is 17.5. The number of aliphatic hydroxyl groups excluding tert-OH is 1. The molecule has 0 spiro atoms. The molecule has 0 aliphatic carbocycles. The first-order valence-electron chi connectivity index (χ1n) is 7.03. The van der Waals surface area contributed by atoms with E-state index in [0.29, 0.717) is 5.56 Å². The molecule has 0 aliphatic heterocycles. The lowest BCUT2D eigenvalue weighted by Crippen LogP contribution is -2.33. The lowest BCUT2D eigenvalue weighted by atomic mass is 10.2. The van der Waals surface area contributed by atoms with Gasteiger partial charge in [0, 0.05) is 32.1 Å². The van der Waals surface area contributed by atoms with Gasteiger partial charge in [0.05, 0.1) is 11.0 Å². The number of amides is 2. The highest BCUT2D eigenvalue weighted by molar-refractivity contribution is 7.89. The lowest BCUT2D eigenvalue weighted by Gasteiger charge is -2.09. The summed E-state index contributed by atoms with van der Waals surface area (Å²) in [6.45, 7) is 3.26. The van der Waals surface area contributed by atoms with Crippen LogP contribution in [0.4, 0.5) is 0 Å². The first-order chi connectivity index (χ1) is 10.7. The number of hydrogen-bond acceptors (Lipinski definition) is 5. The van der Waals surface area contributed by atoms with Crippen molar-refractivity contribution in [3.63, 3.8) is 0 Å². The van der Waals surface area contributed by atoms with Gasteiger partial charge in [-0.1, -0.05) is 0 Å². The van der Waals surface area contributed by atoms with E-state index in [1.165, 1.54) is 31.2 Å². The van der Waals surface area contributed by atoms with E-state index in [-0.39, 0.29) is 30.4 Å². The summed E-state index contributed by atoms with van der Waals surface area (Å²) in [4.78, 5) is 22.5. The molecule has 1 rings (SSSR count). The van der Waals surface area contributed by atoms with E-state index < -0.39 is 22.0 Å². The normalized spacial score (nSPS) is 12.5. The largest absolute Gasteiger partial charge is 0.392 e. The van der Waals surface area contributed by atoms with E-state index in [1.54, 1.807) is 6.92 Å². The molecule has 1 atom stereocenters. The molecule has 1 aromatic rings. The molecule has 0 heterocycles. The predicted molar refractivity (Wildman–Crippen MR) is 84.3 cm³/mol. The van der Waals surface area contributed by atoms with Gasteiger partial charge in [-0.3, -0.25) is 9.59 Å². The topological polar surface area (TPSA) is 125 Å². The zero-order valence-corrected chi connectivity index (χ0v) is 13.8. The molecule has 0 unspecified atom stereocenters. The maximum atomic E-state index is 12.0. The number of hydrogen-bond donors (Lipinski definition) is 4. The highest BCUT2D eigenvalue weighted by Gasteiger charge is 2.14. The summed E-state index contributed by atoms with van der Waals surface area (Å²) in [5.74, 6) is -0.634. The number of nitrogens with one attached hydrogen (secondary N) is 3. The van der Waals surface area contributed by atoms with E-state index in [0.717, 1.165) is 0 Å². The van der Waals surface area contributed by atoms with Crippen LogP contribution >= 0.6 is 0 Å². The molecule has 0 saturated carbocycles. The second-order valence-electron chi connectivity index (χ2n) is 4.96. The Morgan fingerprint density at radius 2 is 1.74 bits per heavy atom. The van der Waals surface area contributed by atoms with Gasteiger partial charge in [-0.25, -0.2) is 13.1 Å². The van der Waals surface area contributed by atoms with Crippen molar-refractivity contribution in [3.05, 3.63) is 29.8 Å². The standard InChI is InChI=1S/C14H21N3O5S/c1-10(18)9-16-14(20)12-3-5-13(6-4-12)23(21,22)17-8-7-15-11(2)19/h3-6,10,17-18H,7-9H2,1-2H3,(H,15,19)(H,16,20)/t10-/m0/s1. The number of aliphatic hydroxyl groups is 1. The van der Waals surface area contributed by atoms with Gasteiger partial charge >= 0.3 is 0 Å². The molecule has 0 radical (unpaired) electrons. The Balaban J connectivity index is 2.64. The fourth-order valence-corrected chi connectivity index (χ4v) is 2.67. The van der Waals surface area contributed by atoms with E-state index in [9.17, 15) is 18.0 Å². The fourth-order valence-electron chi connectivity index (χ4n) is 1.64. The van der Waals surface area contributed by atoms with Gasteiger partial charge in [-0.15, -0.1) is 0 Å².